The molecule has 1 saturated heterocycles. The van der Waals surface area contributed by atoms with Gasteiger partial charge in [-0.05, 0) is 48.9 Å². The quantitative estimate of drug-likeness (QED) is 0.904. The first-order valence-electron chi connectivity index (χ1n) is 7.31. The molecule has 1 aromatic carbocycles. The zero-order valence-corrected chi connectivity index (χ0v) is 11.7. The number of nitrogens with one attached hydrogen (secondary N) is 1. The number of ether oxygens (including phenoxy) is 2. The zero-order chi connectivity index (χ0) is 13.1. The van der Waals surface area contributed by atoms with Crippen molar-refractivity contribution in [2.75, 3.05) is 20.3 Å². The first-order valence-corrected chi connectivity index (χ1v) is 7.31. The van der Waals surface area contributed by atoms with Crippen LogP contribution in [0.1, 0.15) is 42.0 Å². The van der Waals surface area contributed by atoms with E-state index < -0.39 is 0 Å². The van der Waals surface area contributed by atoms with E-state index in [1.807, 2.05) is 0 Å². The van der Waals surface area contributed by atoms with Gasteiger partial charge in [-0.1, -0.05) is 18.2 Å². The fourth-order valence-electron chi connectivity index (χ4n) is 3.14. The van der Waals surface area contributed by atoms with E-state index in [0.717, 1.165) is 32.3 Å². The molecule has 1 unspecified atom stereocenters. The second kappa shape index (κ2) is 6.04. The molecule has 0 radical (unpaired) electrons. The largest absolute Gasteiger partial charge is 0.381 e. The van der Waals surface area contributed by atoms with Crippen molar-refractivity contribution in [1.29, 1.82) is 0 Å². The van der Waals surface area contributed by atoms with Gasteiger partial charge in [0, 0.05) is 19.3 Å². The van der Waals surface area contributed by atoms with Crippen LogP contribution < -0.4 is 5.32 Å². The zero-order valence-electron chi connectivity index (χ0n) is 11.7. The Morgan fingerprint density at radius 3 is 2.74 bits per heavy atom. The highest BCUT2D eigenvalue weighted by Crippen LogP contribution is 2.30. The Hall–Kier alpha value is -0.900. The molecule has 1 N–H and O–H groups in total. The van der Waals surface area contributed by atoms with Crippen molar-refractivity contribution >= 4 is 0 Å². The molecule has 0 amide bonds. The maximum Gasteiger partial charge on any atom is 0.0725 e. The van der Waals surface area contributed by atoms with Gasteiger partial charge >= 0.3 is 0 Å². The number of hydrogen-bond acceptors (Lipinski definition) is 3. The van der Waals surface area contributed by atoms with E-state index in [2.05, 4.69) is 30.6 Å². The van der Waals surface area contributed by atoms with Gasteiger partial charge in [-0.2, -0.15) is 0 Å². The molecular weight excluding hydrogens is 238 g/mol. The van der Waals surface area contributed by atoms with E-state index >= 15 is 0 Å². The maximum atomic E-state index is 5.50. The van der Waals surface area contributed by atoms with Crippen molar-refractivity contribution in [3.8, 4) is 0 Å². The third-order valence-electron chi connectivity index (χ3n) is 4.41. The fourth-order valence-corrected chi connectivity index (χ4v) is 3.14. The molecule has 0 bridgehead atoms. The molecule has 1 aromatic rings. The van der Waals surface area contributed by atoms with E-state index in [4.69, 9.17) is 9.47 Å². The highest BCUT2D eigenvalue weighted by atomic mass is 16.5. The summed E-state index contributed by atoms with van der Waals surface area (Å²) in [5, 5.41) is 3.48. The third-order valence-corrected chi connectivity index (χ3v) is 4.41. The summed E-state index contributed by atoms with van der Waals surface area (Å²) in [6.07, 6.45) is 3.61. The SMILES string of the molecule is CNC(CC1CCOCC1)c1ccc2c(c1)COC2. The predicted molar refractivity (Wildman–Crippen MR) is 74.9 cm³/mol. The Balaban J connectivity index is 1.70. The molecule has 2 aliphatic heterocycles. The van der Waals surface area contributed by atoms with E-state index in [0.29, 0.717) is 6.04 Å². The first kappa shape index (κ1) is 13.1. The Morgan fingerprint density at radius 1 is 1.16 bits per heavy atom. The topological polar surface area (TPSA) is 30.5 Å². The summed E-state index contributed by atoms with van der Waals surface area (Å²) in [5.74, 6) is 0.788. The molecule has 3 heteroatoms. The standard InChI is InChI=1S/C16H23NO2/c1-17-16(8-12-4-6-18-7-5-12)13-2-3-14-10-19-11-15(14)9-13/h2-3,9,12,16-17H,4-8,10-11H2,1H3. The van der Waals surface area contributed by atoms with E-state index in [9.17, 15) is 0 Å². The van der Waals surface area contributed by atoms with Crippen LogP contribution in [0, 0.1) is 5.92 Å². The minimum absolute atomic E-state index is 0.453. The summed E-state index contributed by atoms with van der Waals surface area (Å²) in [4.78, 5) is 0. The Bertz CT molecular complexity index is 427. The van der Waals surface area contributed by atoms with Crippen LogP contribution in [0.25, 0.3) is 0 Å². The molecule has 0 aliphatic carbocycles. The molecule has 3 nitrogen and oxygen atoms in total. The fraction of sp³-hybridized carbons (Fsp3) is 0.625. The molecule has 3 rings (SSSR count). The van der Waals surface area contributed by atoms with Gasteiger partial charge in [0.2, 0.25) is 0 Å². The van der Waals surface area contributed by atoms with E-state index in [-0.39, 0.29) is 0 Å². The molecule has 0 aromatic heterocycles. The van der Waals surface area contributed by atoms with Gasteiger partial charge in [0.05, 0.1) is 13.2 Å². The summed E-state index contributed by atoms with van der Waals surface area (Å²) >= 11 is 0. The summed E-state index contributed by atoms with van der Waals surface area (Å²) in [6, 6.07) is 7.26. The number of rotatable bonds is 4. The summed E-state index contributed by atoms with van der Waals surface area (Å²) in [7, 11) is 2.06. The number of hydrogen-bond donors (Lipinski definition) is 1. The van der Waals surface area contributed by atoms with Crippen molar-refractivity contribution < 1.29 is 9.47 Å². The molecule has 0 saturated carbocycles. The van der Waals surface area contributed by atoms with Crippen molar-refractivity contribution in [2.24, 2.45) is 5.92 Å². The Morgan fingerprint density at radius 2 is 1.95 bits per heavy atom. The van der Waals surface area contributed by atoms with Crippen LogP contribution >= 0.6 is 0 Å². The lowest BCUT2D eigenvalue weighted by atomic mass is 9.88. The van der Waals surface area contributed by atoms with Crippen molar-refractivity contribution in [1.82, 2.24) is 5.32 Å². The lowest BCUT2D eigenvalue weighted by Gasteiger charge is -2.27. The van der Waals surface area contributed by atoms with Crippen LogP contribution in [0.3, 0.4) is 0 Å². The lowest BCUT2D eigenvalue weighted by molar-refractivity contribution is 0.0608. The normalized spacial score (nSPS) is 21.3. The Labute approximate surface area is 115 Å². The monoisotopic (exact) mass is 261 g/mol. The number of benzene rings is 1. The Kier molecular flexibility index (Phi) is 4.16. The summed E-state index contributed by atoms with van der Waals surface area (Å²) in [5.41, 5.74) is 4.12. The van der Waals surface area contributed by atoms with Crippen LogP contribution in [0.4, 0.5) is 0 Å². The number of fused-ring (bicyclic) bond motifs is 1. The van der Waals surface area contributed by atoms with Gasteiger partial charge in [0.15, 0.2) is 0 Å². The van der Waals surface area contributed by atoms with E-state index in [1.165, 1.54) is 36.0 Å². The highest BCUT2D eigenvalue weighted by molar-refractivity contribution is 5.34. The highest BCUT2D eigenvalue weighted by Gasteiger charge is 2.21. The molecule has 2 heterocycles. The van der Waals surface area contributed by atoms with Crippen LogP contribution in [-0.2, 0) is 22.7 Å². The van der Waals surface area contributed by atoms with Gasteiger partial charge in [-0.3, -0.25) is 0 Å². The van der Waals surface area contributed by atoms with Crippen LogP contribution in [0.5, 0.6) is 0 Å². The molecule has 1 atom stereocenters. The molecule has 19 heavy (non-hydrogen) atoms. The average molecular weight is 261 g/mol. The van der Waals surface area contributed by atoms with Gasteiger partial charge in [0.25, 0.3) is 0 Å². The maximum absolute atomic E-state index is 5.50. The van der Waals surface area contributed by atoms with Crippen molar-refractivity contribution in [2.45, 2.75) is 38.5 Å². The predicted octanol–water partition coefficient (Wildman–Crippen LogP) is 2.79. The van der Waals surface area contributed by atoms with E-state index in [1.54, 1.807) is 0 Å². The summed E-state index contributed by atoms with van der Waals surface area (Å²) in [6.45, 7) is 3.41. The van der Waals surface area contributed by atoms with Gasteiger partial charge in [-0.15, -0.1) is 0 Å². The van der Waals surface area contributed by atoms with Gasteiger partial charge < -0.3 is 14.8 Å². The molecule has 0 spiro atoms. The molecule has 1 fully saturated rings. The minimum Gasteiger partial charge on any atom is -0.381 e. The third kappa shape index (κ3) is 2.99. The smallest absolute Gasteiger partial charge is 0.0725 e. The second-order valence-corrected chi connectivity index (χ2v) is 5.65. The minimum atomic E-state index is 0.453. The van der Waals surface area contributed by atoms with Crippen molar-refractivity contribution in [3.63, 3.8) is 0 Å². The first-order chi connectivity index (χ1) is 9.36. The molecular formula is C16H23NO2. The summed E-state index contributed by atoms with van der Waals surface area (Å²) < 4.78 is 10.9. The average Bonchev–Trinajstić information content (AvgIpc) is 2.93. The second-order valence-electron chi connectivity index (χ2n) is 5.65. The van der Waals surface area contributed by atoms with Gasteiger partial charge in [0.1, 0.15) is 0 Å². The van der Waals surface area contributed by atoms with Crippen LogP contribution in [0.15, 0.2) is 18.2 Å². The van der Waals surface area contributed by atoms with Crippen LogP contribution in [-0.4, -0.2) is 20.3 Å². The van der Waals surface area contributed by atoms with Gasteiger partial charge in [-0.25, -0.2) is 0 Å². The molecule has 104 valence electrons. The molecule has 2 aliphatic rings. The van der Waals surface area contributed by atoms with Crippen molar-refractivity contribution in [3.05, 3.63) is 34.9 Å². The lowest BCUT2D eigenvalue weighted by Crippen LogP contribution is -2.24. The van der Waals surface area contributed by atoms with Crippen LogP contribution in [0.2, 0.25) is 0 Å².